The number of hydrogen-bond acceptors (Lipinski definition) is 7. The normalized spacial score (nSPS) is 20.2. The predicted molar refractivity (Wildman–Crippen MR) is 213 cm³/mol. The smallest absolute Gasteiger partial charge is 0.169 e. The summed E-state index contributed by atoms with van der Waals surface area (Å²) in [6.45, 7) is 8.06. The number of carbonyl (C=O) groups excluding carboxylic acids is 1. The molecule has 6 aromatic rings. The van der Waals surface area contributed by atoms with Gasteiger partial charge in [-0.2, -0.15) is 10.2 Å². The molecule has 2 unspecified atom stereocenters. The lowest BCUT2D eigenvalue weighted by atomic mass is 9.90. The number of piperidine rings is 2. The number of carbonyl (C=O) groups is 1. The Balaban J connectivity index is 0.887. The van der Waals surface area contributed by atoms with E-state index in [1.165, 1.54) is 46.5 Å². The number of Topliss-reactive ketones (excluding diaryl/α,β-unsaturated/α-hetero) is 1. The number of halogens is 2. The summed E-state index contributed by atoms with van der Waals surface area (Å²) in [5, 5.41) is 17.3. The zero-order valence-corrected chi connectivity index (χ0v) is 31.6. The topological polar surface area (TPSA) is 87.4 Å². The minimum atomic E-state index is -0.271. The number of rotatable bonds is 10. The number of fused-ring (bicyclic) bond motifs is 4. The monoisotopic (exact) mass is 754 g/mol. The Hall–Kier alpha value is -4.81. The zero-order chi connectivity index (χ0) is 37.8. The van der Waals surface area contributed by atoms with E-state index in [0.717, 1.165) is 100 Å². The highest BCUT2D eigenvalue weighted by atomic mass is 19.1. The van der Waals surface area contributed by atoms with E-state index < -0.39 is 0 Å². The molecule has 9 nitrogen and oxygen atoms in total. The highest BCUT2D eigenvalue weighted by Gasteiger charge is 2.41. The minimum Gasteiger partial charge on any atom is -0.301 e. The number of H-pyrrole nitrogens is 2. The van der Waals surface area contributed by atoms with E-state index in [0.29, 0.717) is 41.7 Å². The molecule has 4 aliphatic heterocycles. The van der Waals surface area contributed by atoms with Crippen LogP contribution in [0.3, 0.4) is 0 Å². The molecule has 0 radical (unpaired) electrons. The van der Waals surface area contributed by atoms with Crippen molar-refractivity contribution in [1.82, 2.24) is 40.0 Å². The van der Waals surface area contributed by atoms with Crippen LogP contribution in [0.25, 0.3) is 21.8 Å². The SMILES string of the molecule is O=C(C(CN1CCC(c2[nH]nc3cc(F)ccc23)CC1)N1Cc2ccccc2C1)C(CN1CCC(c2[nH]nc3cc(F)ccc23)CC1)N1Cc2ccccc2C1. The fourth-order valence-corrected chi connectivity index (χ4v) is 10.1. The lowest BCUT2D eigenvalue weighted by molar-refractivity contribution is -0.132. The Labute approximate surface area is 325 Å². The first-order valence-electron chi connectivity index (χ1n) is 20.3. The van der Waals surface area contributed by atoms with Crippen molar-refractivity contribution >= 4 is 27.6 Å². The second kappa shape index (κ2) is 14.9. The minimum absolute atomic E-state index is 0.252. The molecule has 10 rings (SSSR count). The van der Waals surface area contributed by atoms with Gasteiger partial charge in [0.2, 0.25) is 0 Å². The zero-order valence-electron chi connectivity index (χ0n) is 31.6. The number of nitrogens with zero attached hydrogens (tertiary/aromatic N) is 6. The molecule has 2 fully saturated rings. The number of likely N-dealkylation sites (tertiary alicyclic amines) is 2. The third-order valence-electron chi connectivity index (χ3n) is 13.2. The van der Waals surface area contributed by atoms with Crippen LogP contribution in [0.2, 0.25) is 0 Å². The number of ketones is 1. The highest BCUT2D eigenvalue weighted by molar-refractivity contribution is 5.90. The van der Waals surface area contributed by atoms with E-state index >= 15 is 4.79 Å². The van der Waals surface area contributed by atoms with Gasteiger partial charge in [-0.25, -0.2) is 8.78 Å². The first-order chi connectivity index (χ1) is 27.4. The van der Waals surface area contributed by atoms with Crippen LogP contribution in [-0.2, 0) is 31.0 Å². The Morgan fingerprint density at radius 1 is 0.589 bits per heavy atom. The molecule has 11 heteroatoms. The molecule has 2 N–H and O–H groups in total. The molecule has 0 saturated carbocycles. The van der Waals surface area contributed by atoms with E-state index in [1.54, 1.807) is 0 Å². The van der Waals surface area contributed by atoms with Crippen molar-refractivity contribution in [2.45, 2.75) is 75.8 Å². The number of benzene rings is 4. The van der Waals surface area contributed by atoms with Crippen LogP contribution in [0.4, 0.5) is 8.78 Å². The largest absolute Gasteiger partial charge is 0.301 e. The molecule has 288 valence electrons. The van der Waals surface area contributed by atoms with E-state index in [9.17, 15) is 8.78 Å². The van der Waals surface area contributed by atoms with Crippen LogP contribution in [0, 0.1) is 11.6 Å². The standard InChI is InChI=1S/C45H48F2N8O/c46-35-9-11-37-39(21-35)48-50-43(37)29-13-17-52(18-14-29)27-41(54-23-31-5-1-2-6-32(31)24-54)45(56)42(55-25-33-7-3-4-8-34(33)26-55)28-53-19-15-30(16-20-53)44-38-12-10-36(47)22-40(38)49-51-44/h1-12,21-22,29-30,41-42H,13-20,23-28H2,(H,48,50)(H,49,51). The maximum atomic E-state index is 15.5. The maximum Gasteiger partial charge on any atom is 0.169 e. The summed E-state index contributed by atoms with van der Waals surface area (Å²) in [7, 11) is 0. The van der Waals surface area contributed by atoms with Crippen molar-refractivity contribution in [3.05, 3.63) is 130 Å². The molecule has 2 aromatic heterocycles. The summed E-state index contributed by atoms with van der Waals surface area (Å²) < 4.78 is 27.8. The number of aromatic amines is 2. The van der Waals surface area contributed by atoms with Gasteiger partial charge in [0.25, 0.3) is 0 Å². The van der Waals surface area contributed by atoms with Crippen molar-refractivity contribution in [2.24, 2.45) is 0 Å². The van der Waals surface area contributed by atoms with Crippen LogP contribution >= 0.6 is 0 Å². The lowest BCUT2D eigenvalue weighted by Gasteiger charge is -2.41. The van der Waals surface area contributed by atoms with Gasteiger partial charge in [-0.15, -0.1) is 0 Å². The molecule has 56 heavy (non-hydrogen) atoms. The quantitative estimate of drug-likeness (QED) is 0.154. The molecular weight excluding hydrogens is 707 g/mol. The second-order valence-electron chi connectivity index (χ2n) is 16.5. The fraction of sp³-hybridized carbons (Fsp3) is 0.400. The molecule has 4 aromatic carbocycles. The van der Waals surface area contributed by atoms with Crippen LogP contribution in [0.1, 0.15) is 71.2 Å². The predicted octanol–water partition coefficient (Wildman–Crippen LogP) is 7.11. The summed E-state index contributed by atoms with van der Waals surface area (Å²) in [6, 6.07) is 26.5. The van der Waals surface area contributed by atoms with E-state index in [1.807, 2.05) is 12.1 Å². The fourth-order valence-electron chi connectivity index (χ4n) is 10.1. The molecule has 0 aliphatic carbocycles. The Bertz CT molecular complexity index is 2160. The Kier molecular flexibility index (Phi) is 9.49. The number of nitrogens with one attached hydrogen (secondary N) is 2. The van der Waals surface area contributed by atoms with Gasteiger partial charge in [-0.3, -0.25) is 24.8 Å². The Morgan fingerprint density at radius 3 is 1.34 bits per heavy atom. The molecule has 2 atom stereocenters. The van der Waals surface area contributed by atoms with Gasteiger partial charge < -0.3 is 9.80 Å². The van der Waals surface area contributed by atoms with Gasteiger partial charge in [0.15, 0.2) is 5.78 Å². The van der Waals surface area contributed by atoms with Gasteiger partial charge in [0.1, 0.15) is 11.6 Å². The second-order valence-corrected chi connectivity index (χ2v) is 16.5. The maximum absolute atomic E-state index is 15.5. The Morgan fingerprint density at radius 2 is 0.964 bits per heavy atom. The van der Waals surface area contributed by atoms with E-state index in [4.69, 9.17) is 0 Å². The molecule has 4 aliphatic rings. The van der Waals surface area contributed by atoms with E-state index in [-0.39, 0.29) is 23.7 Å². The van der Waals surface area contributed by atoms with Crippen molar-refractivity contribution < 1.29 is 13.6 Å². The van der Waals surface area contributed by atoms with Crippen LogP contribution in [0.5, 0.6) is 0 Å². The third-order valence-corrected chi connectivity index (χ3v) is 13.2. The summed E-state index contributed by atoms with van der Waals surface area (Å²) in [6.07, 6.45) is 3.82. The van der Waals surface area contributed by atoms with Crippen LogP contribution in [-0.4, -0.2) is 97.1 Å². The highest BCUT2D eigenvalue weighted by Crippen LogP contribution is 2.36. The summed E-state index contributed by atoms with van der Waals surface area (Å²) in [5.74, 6) is 0.399. The molecule has 0 bridgehead atoms. The van der Waals surface area contributed by atoms with Crippen molar-refractivity contribution in [1.29, 1.82) is 0 Å². The van der Waals surface area contributed by atoms with Gasteiger partial charge >= 0.3 is 0 Å². The van der Waals surface area contributed by atoms with Gasteiger partial charge in [0, 0.05) is 85.4 Å². The average molecular weight is 755 g/mol. The first-order valence-corrected chi connectivity index (χ1v) is 20.3. The van der Waals surface area contributed by atoms with E-state index in [2.05, 4.69) is 88.5 Å². The van der Waals surface area contributed by atoms with Crippen LogP contribution in [0.15, 0.2) is 84.9 Å². The lowest BCUT2D eigenvalue weighted by Crippen LogP contribution is -2.57. The molecule has 6 heterocycles. The molecule has 0 spiro atoms. The molecule has 0 amide bonds. The summed E-state index contributed by atoms with van der Waals surface area (Å²) >= 11 is 0. The number of aromatic nitrogens is 4. The van der Waals surface area contributed by atoms with Crippen molar-refractivity contribution in [3.8, 4) is 0 Å². The van der Waals surface area contributed by atoms with Crippen LogP contribution < -0.4 is 0 Å². The molecular formula is C45H48F2N8O. The van der Waals surface area contributed by atoms with Crippen molar-refractivity contribution in [2.75, 3.05) is 39.3 Å². The third kappa shape index (κ3) is 6.84. The summed E-state index contributed by atoms with van der Waals surface area (Å²) in [5.41, 5.74) is 8.78. The average Bonchev–Trinajstić information content (AvgIpc) is 4.03. The molecule has 2 saturated heterocycles. The van der Waals surface area contributed by atoms with Crippen molar-refractivity contribution in [3.63, 3.8) is 0 Å². The first kappa shape index (κ1) is 35.6. The van der Waals surface area contributed by atoms with Gasteiger partial charge in [-0.1, -0.05) is 48.5 Å². The van der Waals surface area contributed by atoms with Gasteiger partial charge in [-0.05, 0) is 98.4 Å². The summed E-state index contributed by atoms with van der Waals surface area (Å²) in [4.78, 5) is 25.4. The van der Waals surface area contributed by atoms with Gasteiger partial charge in [0.05, 0.1) is 23.1 Å². The number of hydrogen-bond donors (Lipinski definition) is 2.